The Balaban J connectivity index is 2.51. The van der Waals surface area contributed by atoms with Gasteiger partial charge in [0.15, 0.2) is 0 Å². The SMILES string of the molecule is CNc1cc(NCCS(C)(=O)=O)ccn1. The van der Waals surface area contributed by atoms with Gasteiger partial charge in [-0.3, -0.25) is 0 Å². The highest BCUT2D eigenvalue weighted by Crippen LogP contribution is 2.10. The monoisotopic (exact) mass is 229 g/mol. The van der Waals surface area contributed by atoms with Gasteiger partial charge < -0.3 is 10.6 Å². The molecule has 0 unspecified atom stereocenters. The number of nitrogens with zero attached hydrogens (tertiary/aromatic N) is 1. The van der Waals surface area contributed by atoms with E-state index in [0.717, 1.165) is 11.5 Å². The number of pyridine rings is 1. The second kappa shape index (κ2) is 4.97. The molecule has 84 valence electrons. The van der Waals surface area contributed by atoms with Gasteiger partial charge in [0.05, 0.1) is 5.75 Å². The third kappa shape index (κ3) is 4.64. The van der Waals surface area contributed by atoms with E-state index >= 15 is 0 Å². The summed E-state index contributed by atoms with van der Waals surface area (Å²) in [7, 11) is -1.12. The van der Waals surface area contributed by atoms with Crippen molar-refractivity contribution in [3.05, 3.63) is 18.3 Å². The first-order valence-electron chi connectivity index (χ1n) is 4.56. The Bertz CT molecular complexity index is 417. The first kappa shape index (κ1) is 11.8. The quantitative estimate of drug-likeness (QED) is 0.773. The fourth-order valence-electron chi connectivity index (χ4n) is 1.06. The minimum Gasteiger partial charge on any atom is -0.384 e. The van der Waals surface area contributed by atoms with E-state index in [4.69, 9.17) is 0 Å². The highest BCUT2D eigenvalue weighted by Gasteiger charge is 2.01. The van der Waals surface area contributed by atoms with Crippen molar-refractivity contribution in [1.29, 1.82) is 0 Å². The zero-order valence-electron chi connectivity index (χ0n) is 8.82. The normalized spacial score (nSPS) is 11.1. The van der Waals surface area contributed by atoms with E-state index in [2.05, 4.69) is 15.6 Å². The van der Waals surface area contributed by atoms with Crippen LogP contribution in [0, 0.1) is 0 Å². The molecule has 0 saturated heterocycles. The molecule has 0 spiro atoms. The third-order valence-electron chi connectivity index (χ3n) is 1.82. The van der Waals surface area contributed by atoms with Crippen LogP contribution in [-0.2, 0) is 9.84 Å². The number of aromatic nitrogens is 1. The Kier molecular flexibility index (Phi) is 3.90. The minimum atomic E-state index is -2.90. The van der Waals surface area contributed by atoms with Gasteiger partial charge in [-0.25, -0.2) is 13.4 Å². The first-order chi connectivity index (χ1) is 7.01. The van der Waals surface area contributed by atoms with Gasteiger partial charge in [0.25, 0.3) is 0 Å². The summed E-state index contributed by atoms with van der Waals surface area (Å²) < 4.78 is 21.8. The number of nitrogens with one attached hydrogen (secondary N) is 2. The fourth-order valence-corrected chi connectivity index (χ4v) is 1.53. The zero-order valence-corrected chi connectivity index (χ0v) is 9.63. The molecule has 0 aromatic carbocycles. The van der Waals surface area contributed by atoms with Gasteiger partial charge >= 0.3 is 0 Å². The lowest BCUT2D eigenvalue weighted by atomic mass is 10.4. The maximum Gasteiger partial charge on any atom is 0.149 e. The van der Waals surface area contributed by atoms with Crippen molar-refractivity contribution in [1.82, 2.24) is 4.98 Å². The summed E-state index contributed by atoms with van der Waals surface area (Å²) in [6.07, 6.45) is 2.88. The second-order valence-electron chi connectivity index (χ2n) is 3.24. The van der Waals surface area contributed by atoms with Crippen molar-refractivity contribution in [2.24, 2.45) is 0 Å². The number of rotatable bonds is 5. The molecule has 1 rings (SSSR count). The topological polar surface area (TPSA) is 71.1 Å². The maximum atomic E-state index is 10.9. The molecule has 0 fully saturated rings. The largest absolute Gasteiger partial charge is 0.384 e. The molecule has 1 heterocycles. The van der Waals surface area contributed by atoms with Crippen molar-refractivity contribution in [3.8, 4) is 0 Å². The molecular weight excluding hydrogens is 214 g/mol. The average Bonchev–Trinajstić information content (AvgIpc) is 2.16. The molecule has 0 radical (unpaired) electrons. The average molecular weight is 229 g/mol. The molecule has 6 heteroatoms. The van der Waals surface area contributed by atoms with Crippen LogP contribution in [0.5, 0.6) is 0 Å². The van der Waals surface area contributed by atoms with E-state index in [9.17, 15) is 8.42 Å². The van der Waals surface area contributed by atoms with Crippen LogP contribution in [0.2, 0.25) is 0 Å². The van der Waals surface area contributed by atoms with Crippen molar-refractivity contribution < 1.29 is 8.42 Å². The summed E-state index contributed by atoms with van der Waals surface area (Å²) in [6.45, 7) is 0.409. The number of anilines is 2. The van der Waals surface area contributed by atoms with Gasteiger partial charge in [0.1, 0.15) is 15.7 Å². The van der Waals surface area contributed by atoms with Gasteiger partial charge in [-0.1, -0.05) is 0 Å². The highest BCUT2D eigenvalue weighted by atomic mass is 32.2. The van der Waals surface area contributed by atoms with Gasteiger partial charge in [-0.2, -0.15) is 0 Å². The number of hydrogen-bond donors (Lipinski definition) is 2. The van der Waals surface area contributed by atoms with Gasteiger partial charge in [-0.05, 0) is 6.07 Å². The predicted octanol–water partition coefficient (Wildman–Crippen LogP) is 0.580. The fraction of sp³-hybridized carbons (Fsp3) is 0.444. The number of hydrogen-bond acceptors (Lipinski definition) is 5. The Hall–Kier alpha value is -1.30. The molecule has 5 nitrogen and oxygen atoms in total. The van der Waals surface area contributed by atoms with E-state index < -0.39 is 9.84 Å². The van der Waals surface area contributed by atoms with E-state index in [0.29, 0.717) is 6.54 Å². The van der Waals surface area contributed by atoms with Crippen LogP contribution < -0.4 is 10.6 Å². The summed E-state index contributed by atoms with van der Waals surface area (Å²) in [5, 5.41) is 5.92. The van der Waals surface area contributed by atoms with Gasteiger partial charge in [0.2, 0.25) is 0 Å². The molecule has 2 N–H and O–H groups in total. The Morgan fingerprint density at radius 1 is 1.47 bits per heavy atom. The van der Waals surface area contributed by atoms with Gasteiger partial charge in [-0.15, -0.1) is 0 Å². The molecule has 1 aromatic rings. The van der Waals surface area contributed by atoms with Crippen molar-refractivity contribution in [2.45, 2.75) is 0 Å². The van der Waals surface area contributed by atoms with E-state index in [-0.39, 0.29) is 5.75 Å². The third-order valence-corrected chi connectivity index (χ3v) is 2.76. The molecule has 0 atom stereocenters. The van der Waals surface area contributed by atoms with E-state index in [1.165, 1.54) is 6.26 Å². The Morgan fingerprint density at radius 2 is 2.20 bits per heavy atom. The van der Waals surface area contributed by atoms with Crippen molar-refractivity contribution >= 4 is 21.3 Å². The van der Waals surface area contributed by atoms with E-state index in [1.54, 1.807) is 19.3 Å². The predicted molar refractivity (Wildman–Crippen MR) is 62.0 cm³/mol. The molecule has 0 saturated carbocycles. The Morgan fingerprint density at radius 3 is 2.80 bits per heavy atom. The molecular formula is C9H15N3O2S. The van der Waals surface area contributed by atoms with E-state index in [1.807, 2.05) is 6.07 Å². The molecule has 0 aliphatic carbocycles. The van der Waals surface area contributed by atoms with Crippen molar-refractivity contribution in [2.75, 3.05) is 36.2 Å². The lowest BCUT2D eigenvalue weighted by Gasteiger charge is -2.06. The van der Waals surface area contributed by atoms with Crippen LogP contribution in [0.25, 0.3) is 0 Å². The lowest BCUT2D eigenvalue weighted by molar-refractivity contribution is 0.602. The van der Waals surface area contributed by atoms with Crippen LogP contribution in [0.3, 0.4) is 0 Å². The molecule has 1 aromatic heterocycles. The van der Waals surface area contributed by atoms with Crippen LogP contribution >= 0.6 is 0 Å². The van der Waals surface area contributed by atoms with Gasteiger partial charge in [0, 0.05) is 37.8 Å². The smallest absolute Gasteiger partial charge is 0.149 e. The summed E-state index contributed by atoms with van der Waals surface area (Å²) in [6, 6.07) is 3.62. The summed E-state index contributed by atoms with van der Waals surface area (Å²) in [5.74, 6) is 0.879. The highest BCUT2D eigenvalue weighted by molar-refractivity contribution is 7.90. The van der Waals surface area contributed by atoms with Crippen molar-refractivity contribution in [3.63, 3.8) is 0 Å². The summed E-state index contributed by atoms with van der Waals surface area (Å²) in [4.78, 5) is 4.05. The lowest BCUT2D eigenvalue weighted by Crippen LogP contribution is -2.14. The standard InChI is InChI=1S/C9H15N3O2S/c1-10-9-7-8(3-4-12-9)11-5-6-15(2,13)14/h3-4,7H,5-6H2,1-2H3,(H2,10,11,12). The van der Waals surface area contributed by atoms with Crippen LogP contribution in [0.1, 0.15) is 0 Å². The van der Waals surface area contributed by atoms with Crippen LogP contribution in [0.15, 0.2) is 18.3 Å². The summed E-state index contributed by atoms with van der Waals surface area (Å²) in [5.41, 5.74) is 0.859. The molecule has 0 aliphatic heterocycles. The maximum absolute atomic E-state index is 10.9. The molecule has 0 amide bonds. The molecule has 0 aliphatic rings. The molecule has 15 heavy (non-hydrogen) atoms. The molecule has 0 bridgehead atoms. The Labute approximate surface area is 89.8 Å². The number of sulfone groups is 1. The van der Waals surface area contributed by atoms with Crippen LogP contribution in [0.4, 0.5) is 11.5 Å². The minimum absolute atomic E-state index is 0.129. The summed E-state index contributed by atoms with van der Waals surface area (Å²) >= 11 is 0. The zero-order chi connectivity index (χ0) is 11.3. The van der Waals surface area contributed by atoms with Crippen LogP contribution in [-0.4, -0.2) is 39.0 Å². The second-order valence-corrected chi connectivity index (χ2v) is 5.50. The first-order valence-corrected chi connectivity index (χ1v) is 6.63.